The first-order valence-corrected chi connectivity index (χ1v) is 9.84. The van der Waals surface area contributed by atoms with Gasteiger partial charge in [0.25, 0.3) is 0 Å². The fourth-order valence-corrected chi connectivity index (χ4v) is 3.67. The average Bonchev–Trinajstić information content (AvgIpc) is 2.61. The minimum Gasteiger partial charge on any atom is -0.457 e. The lowest BCUT2D eigenvalue weighted by molar-refractivity contribution is 0.483. The number of fused-ring (bicyclic) bond motifs is 1. The molecular formula is C19H20N2O3S. The second-order valence-electron chi connectivity index (χ2n) is 5.76. The highest BCUT2D eigenvalue weighted by Crippen LogP contribution is 2.26. The van der Waals surface area contributed by atoms with Crippen LogP contribution >= 0.6 is 0 Å². The third kappa shape index (κ3) is 4.70. The average molecular weight is 356 g/mol. The SMILES string of the molecule is CCCCS(=O)(=O)Nc1ccc(Oc2ccc3cccnc3c2)cc1. The number of hydrogen-bond acceptors (Lipinski definition) is 4. The van der Waals surface area contributed by atoms with Gasteiger partial charge in [0.2, 0.25) is 10.0 Å². The van der Waals surface area contributed by atoms with Crippen LogP contribution in [0, 0.1) is 0 Å². The number of ether oxygens (including phenoxy) is 1. The predicted molar refractivity (Wildman–Crippen MR) is 101 cm³/mol. The van der Waals surface area contributed by atoms with Gasteiger partial charge in [0, 0.05) is 23.3 Å². The molecule has 0 atom stereocenters. The van der Waals surface area contributed by atoms with Crippen LogP contribution in [-0.4, -0.2) is 19.2 Å². The van der Waals surface area contributed by atoms with Crippen molar-refractivity contribution in [2.24, 2.45) is 0 Å². The molecule has 0 saturated heterocycles. The molecule has 1 heterocycles. The number of pyridine rings is 1. The van der Waals surface area contributed by atoms with Crippen LogP contribution in [0.4, 0.5) is 5.69 Å². The van der Waals surface area contributed by atoms with Crippen LogP contribution < -0.4 is 9.46 Å². The Bertz CT molecular complexity index is 954. The number of unbranched alkanes of at least 4 members (excludes halogenated alkanes) is 1. The molecule has 0 saturated carbocycles. The van der Waals surface area contributed by atoms with Gasteiger partial charge < -0.3 is 4.74 Å². The Morgan fingerprint density at radius 1 is 1.04 bits per heavy atom. The lowest BCUT2D eigenvalue weighted by Crippen LogP contribution is -2.16. The predicted octanol–water partition coefficient (Wildman–Crippen LogP) is 4.57. The largest absolute Gasteiger partial charge is 0.457 e. The topological polar surface area (TPSA) is 68.3 Å². The summed E-state index contributed by atoms with van der Waals surface area (Å²) < 4.78 is 32.2. The minimum atomic E-state index is -3.29. The molecule has 0 amide bonds. The molecule has 0 spiro atoms. The lowest BCUT2D eigenvalue weighted by Gasteiger charge is -2.10. The first-order chi connectivity index (χ1) is 12.1. The Labute approximate surface area is 147 Å². The zero-order valence-electron chi connectivity index (χ0n) is 14.0. The zero-order chi connectivity index (χ0) is 17.7. The summed E-state index contributed by atoms with van der Waals surface area (Å²) in [7, 11) is -3.29. The Kier molecular flexibility index (Phi) is 5.19. The number of benzene rings is 2. The standard InChI is InChI=1S/C19H20N2O3S/c1-2-3-13-25(22,23)21-16-7-10-17(11-8-16)24-18-9-6-15-5-4-12-20-19(15)14-18/h4-12,14,21H,2-3,13H2,1H3. The van der Waals surface area contributed by atoms with E-state index in [-0.39, 0.29) is 5.75 Å². The molecule has 0 unspecified atom stereocenters. The van der Waals surface area contributed by atoms with Gasteiger partial charge in [-0.2, -0.15) is 0 Å². The summed E-state index contributed by atoms with van der Waals surface area (Å²) in [6.07, 6.45) is 3.23. The third-order valence-corrected chi connectivity index (χ3v) is 5.08. The molecular weight excluding hydrogens is 336 g/mol. The van der Waals surface area contributed by atoms with Crippen molar-refractivity contribution >= 4 is 26.6 Å². The highest BCUT2D eigenvalue weighted by Gasteiger charge is 2.09. The number of hydrogen-bond donors (Lipinski definition) is 1. The first kappa shape index (κ1) is 17.2. The van der Waals surface area contributed by atoms with Gasteiger partial charge in [-0.25, -0.2) is 8.42 Å². The molecule has 3 aromatic rings. The van der Waals surface area contributed by atoms with Gasteiger partial charge in [0.1, 0.15) is 11.5 Å². The number of anilines is 1. The monoisotopic (exact) mass is 356 g/mol. The van der Waals surface area contributed by atoms with Gasteiger partial charge in [0.05, 0.1) is 11.3 Å². The van der Waals surface area contributed by atoms with Crippen molar-refractivity contribution in [1.82, 2.24) is 4.98 Å². The van der Waals surface area contributed by atoms with Gasteiger partial charge in [-0.1, -0.05) is 19.4 Å². The molecule has 0 aliphatic carbocycles. The highest BCUT2D eigenvalue weighted by molar-refractivity contribution is 7.92. The van der Waals surface area contributed by atoms with E-state index >= 15 is 0 Å². The van der Waals surface area contributed by atoms with Crippen LogP contribution in [-0.2, 0) is 10.0 Å². The van der Waals surface area contributed by atoms with Gasteiger partial charge in [-0.05, 0) is 48.9 Å². The summed E-state index contributed by atoms with van der Waals surface area (Å²) in [5.74, 6) is 1.44. The Balaban J connectivity index is 1.69. The molecule has 0 radical (unpaired) electrons. The zero-order valence-corrected chi connectivity index (χ0v) is 14.8. The Morgan fingerprint density at radius 3 is 2.56 bits per heavy atom. The molecule has 0 aliphatic rings. The molecule has 0 fully saturated rings. The molecule has 1 N–H and O–H groups in total. The maximum absolute atomic E-state index is 11.9. The lowest BCUT2D eigenvalue weighted by atomic mass is 10.2. The molecule has 25 heavy (non-hydrogen) atoms. The number of rotatable bonds is 7. The number of sulfonamides is 1. The van der Waals surface area contributed by atoms with Crippen molar-refractivity contribution < 1.29 is 13.2 Å². The van der Waals surface area contributed by atoms with Crippen molar-refractivity contribution in [1.29, 1.82) is 0 Å². The quantitative estimate of drug-likeness (QED) is 0.673. The van der Waals surface area contributed by atoms with E-state index in [1.807, 2.05) is 37.3 Å². The maximum Gasteiger partial charge on any atom is 0.232 e. The summed E-state index contributed by atoms with van der Waals surface area (Å²) in [5.41, 5.74) is 1.39. The maximum atomic E-state index is 11.9. The van der Waals surface area contributed by atoms with Crippen LogP contribution in [0.2, 0.25) is 0 Å². The summed E-state index contributed by atoms with van der Waals surface area (Å²) in [5, 5.41) is 1.05. The molecule has 130 valence electrons. The fraction of sp³-hybridized carbons (Fsp3) is 0.211. The van der Waals surface area contributed by atoms with E-state index in [1.54, 1.807) is 30.5 Å². The van der Waals surface area contributed by atoms with E-state index in [0.29, 0.717) is 23.6 Å². The van der Waals surface area contributed by atoms with E-state index in [1.165, 1.54) is 0 Å². The Hall–Kier alpha value is -2.60. The molecule has 0 bridgehead atoms. The number of nitrogens with one attached hydrogen (secondary N) is 1. The van der Waals surface area contributed by atoms with Gasteiger partial charge in [-0.15, -0.1) is 0 Å². The second-order valence-corrected chi connectivity index (χ2v) is 7.60. The molecule has 6 heteroatoms. The molecule has 3 rings (SSSR count). The molecule has 2 aromatic carbocycles. The van der Waals surface area contributed by atoms with Gasteiger partial charge >= 0.3 is 0 Å². The smallest absolute Gasteiger partial charge is 0.232 e. The minimum absolute atomic E-state index is 0.131. The van der Waals surface area contributed by atoms with E-state index in [9.17, 15) is 8.42 Å². The van der Waals surface area contributed by atoms with Crippen LogP contribution in [0.1, 0.15) is 19.8 Å². The summed E-state index contributed by atoms with van der Waals surface area (Å²) in [6, 6.07) is 16.4. The van der Waals surface area contributed by atoms with E-state index in [4.69, 9.17) is 4.74 Å². The van der Waals surface area contributed by atoms with Crippen molar-refractivity contribution in [3.05, 3.63) is 60.8 Å². The normalized spacial score (nSPS) is 11.4. The second kappa shape index (κ2) is 7.53. The van der Waals surface area contributed by atoms with Gasteiger partial charge in [0.15, 0.2) is 0 Å². The fourth-order valence-electron chi connectivity index (χ4n) is 2.40. The first-order valence-electron chi connectivity index (χ1n) is 8.19. The number of aromatic nitrogens is 1. The molecule has 5 nitrogen and oxygen atoms in total. The Morgan fingerprint density at radius 2 is 1.80 bits per heavy atom. The number of nitrogens with zero attached hydrogens (tertiary/aromatic N) is 1. The summed E-state index contributed by atoms with van der Waals surface area (Å²) in [4.78, 5) is 4.31. The third-order valence-electron chi connectivity index (χ3n) is 3.71. The van der Waals surface area contributed by atoms with Crippen LogP contribution in [0.3, 0.4) is 0 Å². The van der Waals surface area contributed by atoms with E-state index in [0.717, 1.165) is 17.3 Å². The van der Waals surface area contributed by atoms with Crippen molar-refractivity contribution in [3.8, 4) is 11.5 Å². The highest BCUT2D eigenvalue weighted by atomic mass is 32.2. The van der Waals surface area contributed by atoms with E-state index in [2.05, 4.69) is 9.71 Å². The van der Waals surface area contributed by atoms with Gasteiger partial charge in [-0.3, -0.25) is 9.71 Å². The molecule has 1 aromatic heterocycles. The van der Waals surface area contributed by atoms with Crippen molar-refractivity contribution in [2.75, 3.05) is 10.5 Å². The summed E-state index contributed by atoms with van der Waals surface area (Å²) >= 11 is 0. The van der Waals surface area contributed by atoms with Crippen LogP contribution in [0.25, 0.3) is 10.9 Å². The summed E-state index contributed by atoms with van der Waals surface area (Å²) in [6.45, 7) is 1.96. The van der Waals surface area contributed by atoms with Crippen LogP contribution in [0.5, 0.6) is 11.5 Å². The van der Waals surface area contributed by atoms with Crippen molar-refractivity contribution in [3.63, 3.8) is 0 Å². The van der Waals surface area contributed by atoms with Crippen LogP contribution in [0.15, 0.2) is 60.8 Å². The molecule has 0 aliphatic heterocycles. The van der Waals surface area contributed by atoms with E-state index < -0.39 is 10.0 Å². The van der Waals surface area contributed by atoms with Crippen molar-refractivity contribution in [2.45, 2.75) is 19.8 Å².